The number of nitro groups is 1. The van der Waals surface area contributed by atoms with Crippen LogP contribution in [0.3, 0.4) is 0 Å². The van der Waals surface area contributed by atoms with Crippen LogP contribution in [0.15, 0.2) is 24.3 Å². The van der Waals surface area contributed by atoms with Gasteiger partial charge >= 0.3 is 0 Å². The molecule has 1 N–H and O–H groups in total. The molecule has 0 saturated carbocycles. The Balaban J connectivity index is 0.00000220. The lowest BCUT2D eigenvalue weighted by atomic mass is 9.94. The zero-order valence-electron chi connectivity index (χ0n) is 13.0. The Bertz CT molecular complexity index is 466. The lowest BCUT2D eigenvalue weighted by Gasteiger charge is -2.35. The number of nitrogens with one attached hydrogen (secondary N) is 1. The Morgan fingerprint density at radius 2 is 1.82 bits per heavy atom. The van der Waals surface area contributed by atoms with E-state index in [1.165, 1.54) is 0 Å². The minimum Gasteiger partial charge on any atom is -0.314 e. The van der Waals surface area contributed by atoms with Crippen LogP contribution >= 0.6 is 24.8 Å². The van der Waals surface area contributed by atoms with Crippen molar-refractivity contribution in [2.24, 2.45) is 5.92 Å². The maximum Gasteiger partial charge on any atom is 0.274 e. The number of hydrogen-bond acceptors (Lipinski definition) is 4. The maximum absolute atomic E-state index is 11.3. The molecule has 1 fully saturated rings. The molecule has 0 aliphatic carbocycles. The second-order valence-corrected chi connectivity index (χ2v) is 5.75. The van der Waals surface area contributed by atoms with Crippen LogP contribution in [0.25, 0.3) is 0 Å². The number of para-hydroxylation sites is 1. The van der Waals surface area contributed by atoms with Gasteiger partial charge in [-0.05, 0) is 12.3 Å². The Hall–Kier alpha value is -0.880. The number of benzene rings is 1. The van der Waals surface area contributed by atoms with Gasteiger partial charge in [-0.2, -0.15) is 0 Å². The molecule has 1 aromatic carbocycles. The van der Waals surface area contributed by atoms with Gasteiger partial charge in [-0.3, -0.25) is 15.0 Å². The number of halogens is 2. The summed E-state index contributed by atoms with van der Waals surface area (Å²) in [5, 5.41) is 14.6. The topological polar surface area (TPSA) is 58.4 Å². The SMILES string of the molecule is CC(C)C[C@H](c1ccccc1[N+](=O)[O-])N1CCNCC1.Cl.Cl. The summed E-state index contributed by atoms with van der Waals surface area (Å²) in [5.41, 5.74) is 1.10. The fourth-order valence-corrected chi connectivity index (χ4v) is 2.85. The molecule has 0 bridgehead atoms. The van der Waals surface area contributed by atoms with Crippen molar-refractivity contribution in [2.45, 2.75) is 26.3 Å². The van der Waals surface area contributed by atoms with Gasteiger partial charge in [0.15, 0.2) is 0 Å². The number of piperazine rings is 1. The van der Waals surface area contributed by atoms with Crippen LogP contribution in [0.2, 0.25) is 0 Å². The van der Waals surface area contributed by atoms with Crippen molar-refractivity contribution in [2.75, 3.05) is 26.2 Å². The van der Waals surface area contributed by atoms with Gasteiger partial charge in [-0.15, -0.1) is 24.8 Å². The van der Waals surface area contributed by atoms with Crippen molar-refractivity contribution in [3.8, 4) is 0 Å². The van der Waals surface area contributed by atoms with E-state index in [2.05, 4.69) is 24.1 Å². The molecule has 0 radical (unpaired) electrons. The van der Waals surface area contributed by atoms with Crippen molar-refractivity contribution in [3.05, 3.63) is 39.9 Å². The van der Waals surface area contributed by atoms with Crippen LogP contribution in [0.4, 0.5) is 5.69 Å². The standard InChI is InChI=1S/C15H23N3O2.2ClH/c1-12(2)11-15(17-9-7-16-8-10-17)13-5-3-4-6-14(13)18(19)20;;/h3-6,12,15-16H,7-11H2,1-2H3;2*1H/t15-;;/m1../s1. The Labute approximate surface area is 144 Å². The van der Waals surface area contributed by atoms with Crippen molar-refractivity contribution in [3.63, 3.8) is 0 Å². The normalized spacial score (nSPS) is 16.5. The van der Waals surface area contributed by atoms with E-state index in [4.69, 9.17) is 0 Å². The molecule has 0 unspecified atom stereocenters. The summed E-state index contributed by atoms with van der Waals surface area (Å²) in [6.45, 7) is 8.14. The van der Waals surface area contributed by atoms with Gasteiger partial charge in [0.2, 0.25) is 0 Å². The number of rotatable bonds is 5. The van der Waals surface area contributed by atoms with Gasteiger partial charge in [-0.1, -0.05) is 32.0 Å². The highest BCUT2D eigenvalue weighted by Crippen LogP contribution is 2.33. The molecule has 1 aliphatic rings. The first-order valence-electron chi connectivity index (χ1n) is 7.27. The first-order valence-corrected chi connectivity index (χ1v) is 7.27. The third-order valence-electron chi connectivity index (χ3n) is 3.78. The number of nitrogens with zero attached hydrogens (tertiary/aromatic N) is 2. The van der Waals surface area contributed by atoms with Gasteiger partial charge in [0.1, 0.15) is 0 Å². The van der Waals surface area contributed by atoms with Crippen LogP contribution in [-0.4, -0.2) is 36.0 Å². The smallest absolute Gasteiger partial charge is 0.274 e. The summed E-state index contributed by atoms with van der Waals surface area (Å²) in [4.78, 5) is 13.4. The van der Waals surface area contributed by atoms with Gasteiger partial charge in [0.25, 0.3) is 5.69 Å². The highest BCUT2D eigenvalue weighted by atomic mass is 35.5. The predicted molar refractivity (Wildman–Crippen MR) is 94.2 cm³/mol. The van der Waals surface area contributed by atoms with Crippen LogP contribution in [0, 0.1) is 16.0 Å². The number of nitro benzene ring substituents is 1. The monoisotopic (exact) mass is 349 g/mol. The molecule has 7 heteroatoms. The molecule has 22 heavy (non-hydrogen) atoms. The summed E-state index contributed by atoms with van der Waals surface area (Å²) in [6, 6.07) is 7.31. The molecule has 1 aliphatic heterocycles. The largest absolute Gasteiger partial charge is 0.314 e. The van der Waals surface area contributed by atoms with Gasteiger partial charge in [0, 0.05) is 43.9 Å². The highest BCUT2D eigenvalue weighted by molar-refractivity contribution is 5.85. The van der Waals surface area contributed by atoms with E-state index in [9.17, 15) is 10.1 Å². The molecule has 1 atom stereocenters. The van der Waals surface area contributed by atoms with Crippen molar-refractivity contribution >= 4 is 30.5 Å². The molecule has 0 aromatic heterocycles. The molecule has 1 heterocycles. The third kappa shape index (κ3) is 5.39. The fourth-order valence-electron chi connectivity index (χ4n) is 2.85. The van der Waals surface area contributed by atoms with E-state index >= 15 is 0 Å². The van der Waals surface area contributed by atoms with Crippen LogP contribution in [0.1, 0.15) is 31.9 Å². The molecule has 2 rings (SSSR count). The van der Waals surface area contributed by atoms with Crippen LogP contribution in [-0.2, 0) is 0 Å². The van der Waals surface area contributed by atoms with Gasteiger partial charge < -0.3 is 5.32 Å². The second kappa shape index (κ2) is 10.0. The molecular weight excluding hydrogens is 325 g/mol. The summed E-state index contributed by atoms with van der Waals surface area (Å²) in [6.07, 6.45) is 0.949. The average molecular weight is 350 g/mol. The first kappa shape index (κ1) is 21.1. The van der Waals surface area contributed by atoms with Crippen LogP contribution in [0.5, 0.6) is 0 Å². The van der Waals surface area contributed by atoms with Gasteiger partial charge in [-0.25, -0.2) is 0 Å². The second-order valence-electron chi connectivity index (χ2n) is 5.75. The summed E-state index contributed by atoms with van der Waals surface area (Å²) in [5.74, 6) is 0.509. The van der Waals surface area contributed by atoms with Crippen molar-refractivity contribution in [1.82, 2.24) is 10.2 Å². The summed E-state index contributed by atoms with van der Waals surface area (Å²) >= 11 is 0. The zero-order chi connectivity index (χ0) is 14.5. The van der Waals surface area contributed by atoms with Gasteiger partial charge in [0.05, 0.1) is 4.92 Å². The summed E-state index contributed by atoms with van der Waals surface area (Å²) in [7, 11) is 0. The minimum atomic E-state index is -0.259. The summed E-state index contributed by atoms with van der Waals surface area (Å²) < 4.78 is 0. The molecule has 0 spiro atoms. The Morgan fingerprint density at radius 3 is 2.36 bits per heavy atom. The van der Waals surface area contributed by atoms with Crippen molar-refractivity contribution in [1.29, 1.82) is 0 Å². The fraction of sp³-hybridized carbons (Fsp3) is 0.600. The first-order chi connectivity index (χ1) is 9.59. The van der Waals surface area contributed by atoms with E-state index in [-0.39, 0.29) is 41.5 Å². The Morgan fingerprint density at radius 1 is 1.23 bits per heavy atom. The highest BCUT2D eigenvalue weighted by Gasteiger charge is 2.28. The molecule has 1 saturated heterocycles. The van der Waals surface area contributed by atoms with E-state index in [0.29, 0.717) is 5.92 Å². The van der Waals surface area contributed by atoms with E-state index in [0.717, 1.165) is 38.2 Å². The van der Waals surface area contributed by atoms with Crippen LogP contribution < -0.4 is 5.32 Å². The number of hydrogen-bond donors (Lipinski definition) is 1. The molecule has 126 valence electrons. The molecule has 5 nitrogen and oxygen atoms in total. The Kier molecular flexibility index (Phi) is 9.60. The van der Waals surface area contributed by atoms with E-state index in [1.54, 1.807) is 12.1 Å². The predicted octanol–water partition coefficient (Wildman–Crippen LogP) is 3.43. The third-order valence-corrected chi connectivity index (χ3v) is 3.78. The molecule has 1 aromatic rings. The molecular formula is C15H25Cl2N3O2. The van der Waals surface area contributed by atoms with E-state index in [1.807, 2.05) is 12.1 Å². The molecule has 0 amide bonds. The zero-order valence-corrected chi connectivity index (χ0v) is 14.7. The minimum absolute atomic E-state index is 0. The lowest BCUT2D eigenvalue weighted by molar-refractivity contribution is -0.386. The average Bonchev–Trinajstić information content (AvgIpc) is 2.45. The maximum atomic E-state index is 11.3. The van der Waals surface area contributed by atoms with E-state index < -0.39 is 0 Å². The quantitative estimate of drug-likeness (QED) is 0.653. The lowest BCUT2D eigenvalue weighted by Crippen LogP contribution is -2.45. The van der Waals surface area contributed by atoms with Crippen molar-refractivity contribution < 1.29 is 4.92 Å².